The van der Waals surface area contributed by atoms with Crippen molar-refractivity contribution >= 4 is 12.0 Å². The second-order valence-corrected chi connectivity index (χ2v) is 8.85. The van der Waals surface area contributed by atoms with Crippen LogP contribution in [0, 0.1) is 5.92 Å². The highest BCUT2D eigenvalue weighted by Gasteiger charge is 2.39. The molecule has 2 atom stereocenters. The first-order valence-electron chi connectivity index (χ1n) is 11.1. The van der Waals surface area contributed by atoms with Gasteiger partial charge < -0.3 is 15.7 Å². The number of nitrogens with one attached hydrogen (secondary N) is 2. The van der Waals surface area contributed by atoms with Crippen LogP contribution in [-0.2, 0) is 6.54 Å². The van der Waals surface area contributed by atoms with Gasteiger partial charge in [0.15, 0.2) is 0 Å². The molecule has 2 aromatic carbocycles. The van der Waals surface area contributed by atoms with E-state index in [9.17, 15) is 4.79 Å². The number of benzene rings is 2. The van der Waals surface area contributed by atoms with Gasteiger partial charge in [0, 0.05) is 24.7 Å². The lowest BCUT2D eigenvalue weighted by Crippen LogP contribution is -2.40. The van der Waals surface area contributed by atoms with E-state index in [4.69, 9.17) is 5.11 Å². The molecule has 2 saturated carbocycles. The third-order valence-electron chi connectivity index (χ3n) is 6.54. The number of carboxylic acid groups (broad SMARTS) is 1. The SMILES string of the molecule is C/C(=C\c1ccccc1)[C@@H]1C[C@H]1NC1CCC(NCc2ccc(C(=O)O)cc2)CC1. The Morgan fingerprint density at radius 2 is 1.67 bits per heavy atom. The number of aromatic carboxylic acids is 1. The van der Waals surface area contributed by atoms with Crippen LogP contribution in [-0.4, -0.2) is 29.2 Å². The molecule has 3 N–H and O–H groups in total. The number of hydrogen-bond acceptors (Lipinski definition) is 3. The van der Waals surface area contributed by atoms with Crippen LogP contribution < -0.4 is 10.6 Å². The van der Waals surface area contributed by atoms with Crippen molar-refractivity contribution in [3.8, 4) is 0 Å². The molecule has 0 amide bonds. The highest BCUT2D eigenvalue weighted by atomic mass is 16.4. The molecule has 0 spiro atoms. The number of carboxylic acids is 1. The molecule has 4 nitrogen and oxygen atoms in total. The van der Waals surface area contributed by atoms with Gasteiger partial charge >= 0.3 is 5.97 Å². The van der Waals surface area contributed by atoms with Crippen LogP contribution in [0.25, 0.3) is 6.08 Å². The van der Waals surface area contributed by atoms with E-state index in [0.717, 1.165) is 12.1 Å². The van der Waals surface area contributed by atoms with Crippen LogP contribution in [0.1, 0.15) is 60.5 Å². The van der Waals surface area contributed by atoms with Gasteiger partial charge in [-0.15, -0.1) is 0 Å². The summed E-state index contributed by atoms with van der Waals surface area (Å²) in [5.41, 5.74) is 4.27. The maximum atomic E-state index is 10.9. The van der Waals surface area contributed by atoms with Gasteiger partial charge in [-0.2, -0.15) is 0 Å². The van der Waals surface area contributed by atoms with E-state index in [0.29, 0.717) is 29.6 Å². The van der Waals surface area contributed by atoms with Gasteiger partial charge in [-0.1, -0.05) is 54.1 Å². The number of carbonyl (C=O) groups is 1. The average Bonchev–Trinajstić information content (AvgIpc) is 3.53. The van der Waals surface area contributed by atoms with Crippen LogP contribution in [0.2, 0.25) is 0 Å². The van der Waals surface area contributed by atoms with E-state index in [1.807, 2.05) is 12.1 Å². The van der Waals surface area contributed by atoms with Crippen molar-refractivity contribution in [1.82, 2.24) is 10.6 Å². The molecule has 0 unspecified atom stereocenters. The minimum Gasteiger partial charge on any atom is -0.478 e. The van der Waals surface area contributed by atoms with Crippen molar-refractivity contribution < 1.29 is 9.90 Å². The topological polar surface area (TPSA) is 61.4 Å². The first-order valence-corrected chi connectivity index (χ1v) is 11.1. The Kier molecular flexibility index (Phi) is 6.66. The lowest BCUT2D eigenvalue weighted by molar-refractivity contribution is 0.0697. The Bertz CT molecular complexity index is 868. The minimum atomic E-state index is -0.871. The molecule has 0 aliphatic heterocycles. The normalized spacial score (nSPS) is 26.4. The summed E-state index contributed by atoms with van der Waals surface area (Å²) in [6.45, 7) is 3.07. The number of hydrogen-bond donors (Lipinski definition) is 3. The summed E-state index contributed by atoms with van der Waals surface area (Å²) in [6, 6.07) is 19.6. The molecular formula is C26H32N2O2. The first-order chi connectivity index (χ1) is 14.6. The Hall–Kier alpha value is -2.43. The predicted molar refractivity (Wildman–Crippen MR) is 121 cm³/mol. The molecular weight excluding hydrogens is 372 g/mol. The van der Waals surface area contributed by atoms with Crippen LogP contribution in [0.5, 0.6) is 0 Å². The quantitative estimate of drug-likeness (QED) is 0.588. The maximum absolute atomic E-state index is 10.9. The van der Waals surface area contributed by atoms with Crippen molar-refractivity contribution in [1.29, 1.82) is 0 Å². The Balaban J connectivity index is 1.17. The predicted octanol–water partition coefficient (Wildman–Crippen LogP) is 4.87. The summed E-state index contributed by atoms with van der Waals surface area (Å²) in [5.74, 6) is -0.182. The molecule has 0 bridgehead atoms. The summed E-state index contributed by atoms with van der Waals surface area (Å²) >= 11 is 0. The van der Waals surface area contributed by atoms with Gasteiger partial charge in [0.05, 0.1) is 5.56 Å². The van der Waals surface area contributed by atoms with Gasteiger partial charge in [0.2, 0.25) is 0 Å². The Morgan fingerprint density at radius 3 is 2.33 bits per heavy atom. The second-order valence-electron chi connectivity index (χ2n) is 8.85. The molecule has 2 aromatic rings. The van der Waals surface area contributed by atoms with Crippen LogP contribution in [0.15, 0.2) is 60.2 Å². The van der Waals surface area contributed by atoms with E-state index in [2.05, 4.69) is 54.0 Å². The Labute approximate surface area is 179 Å². The lowest BCUT2D eigenvalue weighted by atomic mass is 9.91. The standard InChI is InChI=1S/C26H32N2O2/c1-18(15-19-5-3-2-4-6-19)24-16-25(24)28-23-13-11-22(12-14-23)27-17-20-7-9-21(10-8-20)26(29)30/h2-10,15,22-25,27-28H,11-14,16-17H2,1H3,(H,29,30)/b18-15+/t22?,23?,24-,25+/m0/s1. The van der Waals surface area contributed by atoms with Gasteiger partial charge in [0.1, 0.15) is 0 Å². The fourth-order valence-corrected chi connectivity index (χ4v) is 4.60. The van der Waals surface area contributed by atoms with E-state index in [1.54, 1.807) is 12.1 Å². The monoisotopic (exact) mass is 404 g/mol. The summed E-state index contributed by atoms with van der Waals surface area (Å²) in [6.07, 6.45) is 8.43. The van der Waals surface area contributed by atoms with Crippen LogP contribution in [0.3, 0.4) is 0 Å². The van der Waals surface area contributed by atoms with E-state index >= 15 is 0 Å². The molecule has 0 aromatic heterocycles. The zero-order valence-electron chi connectivity index (χ0n) is 17.7. The van der Waals surface area contributed by atoms with Crippen molar-refractivity contribution in [2.75, 3.05) is 0 Å². The van der Waals surface area contributed by atoms with Crippen LogP contribution >= 0.6 is 0 Å². The molecule has 0 heterocycles. The molecule has 4 rings (SSSR count). The van der Waals surface area contributed by atoms with Crippen molar-refractivity contribution in [2.45, 2.75) is 63.7 Å². The average molecular weight is 405 g/mol. The van der Waals surface area contributed by atoms with Gasteiger partial charge in [0.25, 0.3) is 0 Å². The fourth-order valence-electron chi connectivity index (χ4n) is 4.60. The van der Waals surface area contributed by atoms with Gasteiger partial charge in [-0.25, -0.2) is 4.79 Å². The summed E-state index contributed by atoms with van der Waals surface area (Å²) < 4.78 is 0. The van der Waals surface area contributed by atoms with Crippen molar-refractivity contribution in [3.05, 3.63) is 76.9 Å². The largest absolute Gasteiger partial charge is 0.478 e. The highest BCUT2D eigenvalue weighted by molar-refractivity contribution is 5.87. The van der Waals surface area contributed by atoms with Gasteiger partial charge in [-0.05, 0) is 68.2 Å². The number of rotatable bonds is 8. The smallest absolute Gasteiger partial charge is 0.335 e. The maximum Gasteiger partial charge on any atom is 0.335 e. The molecule has 2 aliphatic rings. The molecule has 2 aliphatic carbocycles. The lowest BCUT2D eigenvalue weighted by Gasteiger charge is -2.30. The molecule has 30 heavy (non-hydrogen) atoms. The molecule has 4 heteroatoms. The first kappa shape index (κ1) is 20.8. The summed E-state index contributed by atoms with van der Waals surface area (Å²) in [7, 11) is 0. The summed E-state index contributed by atoms with van der Waals surface area (Å²) in [4.78, 5) is 10.9. The summed E-state index contributed by atoms with van der Waals surface area (Å²) in [5, 5.41) is 16.5. The molecule has 0 radical (unpaired) electrons. The fraction of sp³-hybridized carbons (Fsp3) is 0.423. The van der Waals surface area contributed by atoms with E-state index in [1.165, 1.54) is 43.2 Å². The molecule has 0 saturated heterocycles. The van der Waals surface area contributed by atoms with Crippen LogP contribution in [0.4, 0.5) is 0 Å². The molecule has 158 valence electrons. The Morgan fingerprint density at radius 1 is 1.00 bits per heavy atom. The van der Waals surface area contributed by atoms with E-state index in [-0.39, 0.29) is 0 Å². The van der Waals surface area contributed by atoms with Crippen molar-refractivity contribution in [2.24, 2.45) is 5.92 Å². The van der Waals surface area contributed by atoms with E-state index < -0.39 is 5.97 Å². The highest BCUT2D eigenvalue weighted by Crippen LogP contribution is 2.39. The zero-order valence-corrected chi connectivity index (χ0v) is 17.7. The second kappa shape index (κ2) is 9.59. The third kappa shape index (κ3) is 5.59. The third-order valence-corrected chi connectivity index (χ3v) is 6.54. The zero-order chi connectivity index (χ0) is 20.9. The van der Waals surface area contributed by atoms with Crippen molar-refractivity contribution in [3.63, 3.8) is 0 Å². The minimum absolute atomic E-state index is 0.345. The van der Waals surface area contributed by atoms with Gasteiger partial charge in [-0.3, -0.25) is 0 Å². The molecule has 2 fully saturated rings.